The van der Waals surface area contributed by atoms with Crippen LogP contribution < -0.4 is 4.72 Å². The lowest BCUT2D eigenvalue weighted by Gasteiger charge is -2.17. The molecule has 0 rings (SSSR count). The number of carboxylic acids is 1. The zero-order valence-corrected chi connectivity index (χ0v) is 11.5. The Hall–Kier alpha value is -1.15. The Bertz CT molecular complexity index is 391. The van der Waals surface area contributed by atoms with Crippen molar-refractivity contribution in [1.82, 2.24) is 4.72 Å². The van der Waals surface area contributed by atoms with E-state index in [-0.39, 0.29) is 18.6 Å². The first kappa shape index (κ1) is 16.9. The van der Waals surface area contributed by atoms with Gasteiger partial charge >= 0.3 is 11.9 Å². The van der Waals surface area contributed by atoms with Crippen molar-refractivity contribution in [2.24, 2.45) is 5.92 Å². The van der Waals surface area contributed by atoms with E-state index >= 15 is 0 Å². The van der Waals surface area contributed by atoms with Crippen molar-refractivity contribution in [2.75, 3.05) is 12.9 Å². The summed E-state index contributed by atoms with van der Waals surface area (Å²) in [6.45, 7) is 2.90. The number of rotatable bonds is 8. The molecule has 0 spiro atoms. The van der Waals surface area contributed by atoms with Crippen molar-refractivity contribution in [3.8, 4) is 0 Å². The molecule has 0 aromatic rings. The monoisotopic (exact) mass is 281 g/mol. The average Bonchev–Trinajstić information content (AvgIpc) is 2.26. The van der Waals surface area contributed by atoms with Crippen LogP contribution in [-0.2, 0) is 24.3 Å². The molecule has 0 aromatic heterocycles. The molecule has 0 amide bonds. The number of ether oxygens (including phenoxy) is 1. The molecule has 0 bridgehead atoms. The Kier molecular flexibility index (Phi) is 6.85. The first-order valence-electron chi connectivity index (χ1n) is 5.49. The van der Waals surface area contributed by atoms with Crippen LogP contribution in [0.4, 0.5) is 0 Å². The Morgan fingerprint density at radius 3 is 2.33 bits per heavy atom. The van der Waals surface area contributed by atoms with Crippen LogP contribution in [0.15, 0.2) is 0 Å². The molecule has 0 heterocycles. The lowest BCUT2D eigenvalue weighted by molar-refractivity contribution is -0.142. The molecule has 0 radical (unpaired) electrons. The predicted molar refractivity (Wildman–Crippen MR) is 64.4 cm³/mol. The second-order valence-electron chi connectivity index (χ2n) is 4.03. The molecule has 7 nitrogen and oxygen atoms in total. The van der Waals surface area contributed by atoms with E-state index in [1.807, 2.05) is 0 Å². The summed E-state index contributed by atoms with van der Waals surface area (Å²) < 4.78 is 29.8. The van der Waals surface area contributed by atoms with Crippen molar-refractivity contribution < 1.29 is 27.9 Å². The summed E-state index contributed by atoms with van der Waals surface area (Å²) in [5.41, 5.74) is 0. The summed E-state index contributed by atoms with van der Waals surface area (Å²) in [6.07, 6.45) is 0.149. The molecule has 0 aliphatic rings. The summed E-state index contributed by atoms with van der Waals surface area (Å²) in [5.74, 6) is -2.60. The summed E-state index contributed by atoms with van der Waals surface area (Å²) in [5, 5.41) is 8.73. The van der Waals surface area contributed by atoms with Crippen LogP contribution in [0.1, 0.15) is 26.7 Å². The predicted octanol–water partition coefficient (Wildman–Crippen LogP) is -0.0318. The SMILES string of the molecule is COC(=O)CCCS(=O)(=O)NC(C)C(C)C(=O)O. The van der Waals surface area contributed by atoms with Crippen LogP contribution in [0.3, 0.4) is 0 Å². The van der Waals surface area contributed by atoms with E-state index in [2.05, 4.69) is 9.46 Å². The van der Waals surface area contributed by atoms with Gasteiger partial charge in [-0.3, -0.25) is 9.59 Å². The summed E-state index contributed by atoms with van der Waals surface area (Å²) in [6, 6.07) is -0.703. The summed E-state index contributed by atoms with van der Waals surface area (Å²) >= 11 is 0. The molecule has 0 aliphatic carbocycles. The van der Waals surface area contributed by atoms with Crippen molar-refractivity contribution in [1.29, 1.82) is 0 Å². The van der Waals surface area contributed by atoms with Gasteiger partial charge in [0, 0.05) is 12.5 Å². The largest absolute Gasteiger partial charge is 0.481 e. The number of carbonyl (C=O) groups excluding carboxylic acids is 1. The molecule has 2 N–H and O–H groups in total. The maximum Gasteiger partial charge on any atom is 0.307 e. The highest BCUT2D eigenvalue weighted by atomic mass is 32.2. The van der Waals surface area contributed by atoms with Gasteiger partial charge in [0.15, 0.2) is 0 Å². The third-order valence-corrected chi connectivity index (χ3v) is 4.08. The second kappa shape index (κ2) is 7.32. The molecule has 0 aliphatic heterocycles. The van der Waals surface area contributed by atoms with Gasteiger partial charge in [-0.05, 0) is 13.3 Å². The van der Waals surface area contributed by atoms with E-state index in [1.165, 1.54) is 21.0 Å². The normalized spacial score (nSPS) is 14.8. The zero-order chi connectivity index (χ0) is 14.3. The Balaban J connectivity index is 4.23. The third kappa shape index (κ3) is 6.55. The average molecular weight is 281 g/mol. The Labute approximate surface area is 107 Å². The first-order chi connectivity index (χ1) is 8.19. The topological polar surface area (TPSA) is 110 Å². The van der Waals surface area contributed by atoms with Gasteiger partial charge < -0.3 is 9.84 Å². The molecule has 106 valence electrons. The van der Waals surface area contributed by atoms with Crippen LogP contribution in [-0.4, -0.2) is 44.4 Å². The summed E-state index contributed by atoms with van der Waals surface area (Å²) in [7, 11) is -2.36. The molecule has 2 atom stereocenters. The van der Waals surface area contributed by atoms with Gasteiger partial charge in [0.1, 0.15) is 0 Å². The number of aliphatic carboxylic acids is 1. The highest BCUT2D eigenvalue weighted by molar-refractivity contribution is 7.89. The quantitative estimate of drug-likeness (QED) is 0.604. The molecular weight excluding hydrogens is 262 g/mol. The van der Waals surface area contributed by atoms with Crippen molar-refractivity contribution in [2.45, 2.75) is 32.7 Å². The van der Waals surface area contributed by atoms with Gasteiger partial charge in [-0.15, -0.1) is 0 Å². The number of methoxy groups -OCH3 is 1. The molecule has 0 fully saturated rings. The fourth-order valence-electron chi connectivity index (χ4n) is 1.17. The van der Waals surface area contributed by atoms with E-state index in [1.54, 1.807) is 0 Å². The van der Waals surface area contributed by atoms with Gasteiger partial charge in [-0.1, -0.05) is 6.92 Å². The molecule has 0 aromatic carbocycles. The van der Waals surface area contributed by atoms with Crippen molar-refractivity contribution >= 4 is 22.0 Å². The fraction of sp³-hybridized carbons (Fsp3) is 0.800. The third-order valence-electron chi connectivity index (χ3n) is 2.53. The number of hydrogen-bond acceptors (Lipinski definition) is 5. The van der Waals surface area contributed by atoms with Gasteiger partial charge in [0.25, 0.3) is 0 Å². The number of carbonyl (C=O) groups is 2. The zero-order valence-electron chi connectivity index (χ0n) is 10.7. The van der Waals surface area contributed by atoms with Crippen LogP contribution in [0.2, 0.25) is 0 Å². The van der Waals surface area contributed by atoms with E-state index in [0.717, 1.165) is 0 Å². The molecule has 2 unspecified atom stereocenters. The van der Waals surface area contributed by atoms with Gasteiger partial charge in [-0.2, -0.15) is 0 Å². The van der Waals surface area contributed by atoms with Crippen molar-refractivity contribution in [3.05, 3.63) is 0 Å². The lowest BCUT2D eigenvalue weighted by atomic mass is 10.1. The second-order valence-corrected chi connectivity index (χ2v) is 5.91. The van der Waals surface area contributed by atoms with Crippen LogP contribution in [0.5, 0.6) is 0 Å². The molecule has 18 heavy (non-hydrogen) atoms. The van der Waals surface area contributed by atoms with E-state index in [9.17, 15) is 18.0 Å². The fourth-order valence-corrected chi connectivity index (χ4v) is 2.58. The van der Waals surface area contributed by atoms with Gasteiger partial charge in [0.05, 0.1) is 18.8 Å². The standard InChI is InChI=1S/C10H19NO6S/c1-7(10(13)14)8(2)11-18(15,16)6-4-5-9(12)17-3/h7-8,11H,4-6H2,1-3H3,(H,13,14). The number of esters is 1. The van der Waals surface area contributed by atoms with E-state index in [4.69, 9.17) is 5.11 Å². The number of sulfonamides is 1. The van der Waals surface area contributed by atoms with Crippen LogP contribution in [0.25, 0.3) is 0 Å². The van der Waals surface area contributed by atoms with Crippen LogP contribution >= 0.6 is 0 Å². The maximum absolute atomic E-state index is 11.6. The minimum atomic E-state index is -3.58. The number of nitrogens with one attached hydrogen (secondary N) is 1. The highest BCUT2D eigenvalue weighted by Crippen LogP contribution is 2.05. The highest BCUT2D eigenvalue weighted by Gasteiger charge is 2.23. The molecule has 0 saturated heterocycles. The van der Waals surface area contributed by atoms with Gasteiger partial charge in [-0.25, -0.2) is 13.1 Å². The summed E-state index contributed by atoms with van der Waals surface area (Å²) in [4.78, 5) is 21.5. The van der Waals surface area contributed by atoms with Crippen molar-refractivity contribution in [3.63, 3.8) is 0 Å². The Morgan fingerprint density at radius 1 is 1.33 bits per heavy atom. The Morgan fingerprint density at radius 2 is 1.89 bits per heavy atom. The maximum atomic E-state index is 11.6. The molecular formula is C10H19NO6S. The smallest absolute Gasteiger partial charge is 0.307 e. The lowest BCUT2D eigenvalue weighted by Crippen LogP contribution is -2.41. The first-order valence-corrected chi connectivity index (χ1v) is 7.14. The van der Waals surface area contributed by atoms with Crippen LogP contribution in [0, 0.1) is 5.92 Å². The minimum absolute atomic E-state index is 0.0142. The van der Waals surface area contributed by atoms with E-state index < -0.39 is 33.9 Å². The number of hydrogen-bond donors (Lipinski definition) is 2. The molecule has 8 heteroatoms. The van der Waals surface area contributed by atoms with Gasteiger partial charge in [0.2, 0.25) is 10.0 Å². The minimum Gasteiger partial charge on any atom is -0.481 e. The van der Waals surface area contributed by atoms with E-state index in [0.29, 0.717) is 0 Å². The number of carboxylic acid groups (broad SMARTS) is 1. The molecule has 0 saturated carbocycles.